The summed E-state index contributed by atoms with van der Waals surface area (Å²) >= 11 is 0. The lowest BCUT2D eigenvalue weighted by atomic mass is 10.0. The molecule has 0 aromatic rings. The van der Waals surface area contributed by atoms with E-state index >= 15 is 0 Å². The number of likely N-dealkylation sites (tertiary alicyclic amines) is 1. The van der Waals surface area contributed by atoms with Crippen LogP contribution in [0.4, 0.5) is 0 Å². The molecule has 0 radical (unpaired) electrons. The predicted octanol–water partition coefficient (Wildman–Crippen LogP) is 2.58. The number of allylic oxidation sites excluding steroid dienone is 1. The Balaban J connectivity index is 2.14. The van der Waals surface area contributed by atoms with E-state index in [9.17, 15) is 14.4 Å². The van der Waals surface area contributed by atoms with E-state index in [4.69, 9.17) is 9.47 Å². The van der Waals surface area contributed by atoms with Gasteiger partial charge < -0.3 is 14.4 Å². The van der Waals surface area contributed by atoms with Crippen molar-refractivity contribution in [3.8, 4) is 0 Å². The largest absolute Gasteiger partial charge is 0.465 e. The Kier molecular flexibility index (Phi) is 8.68. The van der Waals surface area contributed by atoms with E-state index in [1.54, 1.807) is 18.7 Å². The van der Waals surface area contributed by atoms with Crippen LogP contribution in [0, 0.1) is 5.92 Å². The SMILES string of the molecule is CCC[C@H](N[C@@H](C)C(=O)N1[C@@H](C(=O)OC(C)CC)C[C@H]2CC=C[C@@H]21)C(=O)OCC. The van der Waals surface area contributed by atoms with Gasteiger partial charge in [0.2, 0.25) is 5.91 Å². The Hall–Kier alpha value is -1.89. The first kappa shape index (κ1) is 23.4. The number of hydrogen-bond donors (Lipinski definition) is 1. The van der Waals surface area contributed by atoms with E-state index in [0.29, 0.717) is 19.4 Å². The molecule has 164 valence electrons. The second kappa shape index (κ2) is 10.8. The summed E-state index contributed by atoms with van der Waals surface area (Å²) in [4.78, 5) is 40.0. The first-order chi connectivity index (χ1) is 13.8. The lowest BCUT2D eigenvalue weighted by molar-refractivity contribution is -0.159. The molecular weight excluding hydrogens is 372 g/mol. The topological polar surface area (TPSA) is 84.9 Å². The van der Waals surface area contributed by atoms with E-state index in [1.807, 2.05) is 26.8 Å². The fourth-order valence-corrected chi connectivity index (χ4v) is 4.12. The van der Waals surface area contributed by atoms with Crippen molar-refractivity contribution >= 4 is 17.8 Å². The Morgan fingerprint density at radius 3 is 2.55 bits per heavy atom. The smallest absolute Gasteiger partial charge is 0.329 e. The number of carbonyl (C=O) groups is 3. The molecule has 1 saturated heterocycles. The minimum absolute atomic E-state index is 0.0894. The number of nitrogens with one attached hydrogen (secondary N) is 1. The van der Waals surface area contributed by atoms with Crippen molar-refractivity contribution in [3.05, 3.63) is 12.2 Å². The van der Waals surface area contributed by atoms with E-state index in [1.165, 1.54) is 0 Å². The fourth-order valence-electron chi connectivity index (χ4n) is 4.12. The van der Waals surface area contributed by atoms with Crippen LogP contribution in [0.2, 0.25) is 0 Å². The van der Waals surface area contributed by atoms with Gasteiger partial charge in [-0.15, -0.1) is 0 Å². The van der Waals surface area contributed by atoms with Gasteiger partial charge in [-0.05, 0) is 52.4 Å². The molecule has 2 aliphatic rings. The molecule has 0 aromatic heterocycles. The second-order valence-electron chi connectivity index (χ2n) is 8.05. The first-order valence-corrected chi connectivity index (χ1v) is 11.0. The summed E-state index contributed by atoms with van der Waals surface area (Å²) in [6.07, 6.45) is 7.49. The maximum absolute atomic E-state index is 13.3. The van der Waals surface area contributed by atoms with Crippen LogP contribution in [0.5, 0.6) is 0 Å². The summed E-state index contributed by atoms with van der Waals surface area (Å²) in [5.41, 5.74) is 0. The molecule has 1 N–H and O–H groups in total. The quantitative estimate of drug-likeness (QED) is 0.442. The number of hydrogen-bond acceptors (Lipinski definition) is 6. The molecule has 1 amide bonds. The zero-order chi connectivity index (χ0) is 21.6. The molecule has 1 heterocycles. The standard InChI is InChI=1S/C22H36N2O5/c1-6-10-17(21(26)28-8-3)23-15(5)20(25)24-18-12-9-11-16(18)13-19(24)22(27)29-14(4)7-2/h9,12,14-19,23H,6-8,10-11,13H2,1-5H3/t14?,15-,16+,17-,18-,19+/m0/s1. The Morgan fingerprint density at radius 1 is 1.21 bits per heavy atom. The first-order valence-electron chi connectivity index (χ1n) is 11.0. The lowest BCUT2D eigenvalue weighted by Gasteiger charge is -2.32. The molecule has 6 atom stereocenters. The third kappa shape index (κ3) is 5.59. The highest BCUT2D eigenvalue weighted by Gasteiger charge is 2.48. The third-order valence-electron chi connectivity index (χ3n) is 5.83. The summed E-state index contributed by atoms with van der Waals surface area (Å²) in [6, 6.07) is -1.81. The van der Waals surface area contributed by atoms with Crippen LogP contribution in [0.3, 0.4) is 0 Å². The molecule has 7 heteroatoms. The lowest BCUT2D eigenvalue weighted by Crippen LogP contribution is -2.55. The van der Waals surface area contributed by atoms with E-state index < -0.39 is 18.1 Å². The monoisotopic (exact) mass is 408 g/mol. The van der Waals surface area contributed by atoms with Gasteiger partial charge in [-0.2, -0.15) is 0 Å². The van der Waals surface area contributed by atoms with Crippen molar-refractivity contribution in [1.29, 1.82) is 0 Å². The molecule has 1 unspecified atom stereocenters. The van der Waals surface area contributed by atoms with E-state index in [2.05, 4.69) is 11.4 Å². The van der Waals surface area contributed by atoms with E-state index in [-0.39, 0.29) is 35.9 Å². The molecule has 0 saturated carbocycles. The number of carbonyl (C=O) groups excluding carboxylic acids is 3. The van der Waals surface area contributed by atoms with Crippen molar-refractivity contribution in [3.63, 3.8) is 0 Å². The van der Waals surface area contributed by atoms with Crippen molar-refractivity contribution in [2.24, 2.45) is 5.92 Å². The molecular formula is C22H36N2O5. The van der Waals surface area contributed by atoms with Crippen LogP contribution in [0.25, 0.3) is 0 Å². The van der Waals surface area contributed by atoms with Gasteiger partial charge in [0, 0.05) is 0 Å². The Labute approximate surface area is 174 Å². The van der Waals surface area contributed by atoms with Gasteiger partial charge in [0.05, 0.1) is 24.8 Å². The highest BCUT2D eigenvalue weighted by Crippen LogP contribution is 2.38. The van der Waals surface area contributed by atoms with Gasteiger partial charge >= 0.3 is 11.9 Å². The summed E-state index contributed by atoms with van der Waals surface area (Å²) in [5.74, 6) is -0.613. The van der Waals surface area contributed by atoms with Gasteiger partial charge in [0.1, 0.15) is 12.1 Å². The minimum atomic E-state index is -0.609. The molecule has 1 aliphatic carbocycles. The zero-order valence-electron chi connectivity index (χ0n) is 18.3. The Morgan fingerprint density at radius 2 is 1.93 bits per heavy atom. The Bertz CT molecular complexity index is 620. The molecule has 7 nitrogen and oxygen atoms in total. The molecule has 2 rings (SSSR count). The number of nitrogens with zero attached hydrogens (tertiary/aromatic N) is 1. The number of fused-ring (bicyclic) bond motifs is 1. The van der Waals surface area contributed by atoms with Gasteiger partial charge in [-0.25, -0.2) is 4.79 Å². The maximum atomic E-state index is 13.3. The molecule has 29 heavy (non-hydrogen) atoms. The summed E-state index contributed by atoms with van der Waals surface area (Å²) in [7, 11) is 0. The molecule has 0 spiro atoms. The van der Waals surface area contributed by atoms with Gasteiger partial charge in [0.25, 0.3) is 0 Å². The average Bonchev–Trinajstić information content (AvgIpc) is 3.28. The second-order valence-corrected chi connectivity index (χ2v) is 8.05. The molecule has 0 bridgehead atoms. The molecule has 1 fully saturated rings. The third-order valence-corrected chi connectivity index (χ3v) is 5.83. The molecule has 1 aliphatic heterocycles. The van der Waals surface area contributed by atoms with Gasteiger partial charge in [-0.3, -0.25) is 14.9 Å². The van der Waals surface area contributed by atoms with Crippen molar-refractivity contribution in [2.45, 2.75) is 97.0 Å². The van der Waals surface area contributed by atoms with Crippen molar-refractivity contribution in [2.75, 3.05) is 6.61 Å². The summed E-state index contributed by atoms with van der Waals surface area (Å²) < 4.78 is 10.7. The number of esters is 2. The maximum Gasteiger partial charge on any atom is 0.329 e. The highest BCUT2D eigenvalue weighted by atomic mass is 16.5. The van der Waals surface area contributed by atoms with Crippen molar-refractivity contribution in [1.82, 2.24) is 10.2 Å². The van der Waals surface area contributed by atoms with Crippen LogP contribution < -0.4 is 5.32 Å². The van der Waals surface area contributed by atoms with Gasteiger partial charge in [-0.1, -0.05) is 32.4 Å². The van der Waals surface area contributed by atoms with Crippen LogP contribution in [-0.4, -0.2) is 59.6 Å². The van der Waals surface area contributed by atoms with E-state index in [0.717, 1.165) is 19.3 Å². The number of amides is 1. The zero-order valence-corrected chi connectivity index (χ0v) is 18.3. The normalized spacial score (nSPS) is 26.0. The number of rotatable bonds is 10. The summed E-state index contributed by atoms with van der Waals surface area (Å²) in [5, 5.41) is 3.13. The van der Waals surface area contributed by atoms with Crippen molar-refractivity contribution < 1.29 is 23.9 Å². The van der Waals surface area contributed by atoms with Crippen LogP contribution in [0.15, 0.2) is 12.2 Å². The fraction of sp³-hybridized carbons (Fsp3) is 0.773. The minimum Gasteiger partial charge on any atom is -0.465 e. The van der Waals surface area contributed by atoms with Gasteiger partial charge in [0.15, 0.2) is 0 Å². The van der Waals surface area contributed by atoms with Crippen LogP contribution >= 0.6 is 0 Å². The summed E-state index contributed by atoms with van der Waals surface area (Å²) in [6.45, 7) is 9.61. The number of ether oxygens (including phenoxy) is 2. The average molecular weight is 409 g/mol. The predicted molar refractivity (Wildman–Crippen MR) is 110 cm³/mol. The van der Waals surface area contributed by atoms with Crippen LogP contribution in [-0.2, 0) is 23.9 Å². The van der Waals surface area contributed by atoms with Crippen LogP contribution in [0.1, 0.15) is 66.7 Å². The molecule has 0 aromatic carbocycles. The highest BCUT2D eigenvalue weighted by molar-refractivity contribution is 5.89.